The van der Waals surface area contributed by atoms with Crippen molar-refractivity contribution in [2.75, 3.05) is 11.9 Å². The van der Waals surface area contributed by atoms with Gasteiger partial charge >= 0.3 is 0 Å². The van der Waals surface area contributed by atoms with E-state index < -0.39 is 5.79 Å². The minimum absolute atomic E-state index is 0.226. The van der Waals surface area contributed by atoms with E-state index >= 15 is 0 Å². The van der Waals surface area contributed by atoms with Gasteiger partial charge in [-0.2, -0.15) is 0 Å². The standard InChI is InChI=1S/C22H24FNO3/c1-16(17-5-3-2-4-6-17)21-15-25-22(27-26-21)13-11-20(12-14-22)24-19-9-7-18(23)8-10-19/h2-10,20-21,24H,1,11-15H2. The highest BCUT2D eigenvalue weighted by Gasteiger charge is 2.43. The molecule has 1 aliphatic heterocycles. The van der Waals surface area contributed by atoms with Crippen LogP contribution >= 0.6 is 0 Å². The first kappa shape index (κ1) is 18.2. The molecule has 0 aromatic heterocycles. The fraction of sp³-hybridized carbons (Fsp3) is 0.364. The lowest BCUT2D eigenvalue weighted by Crippen LogP contribution is -2.49. The molecule has 2 fully saturated rings. The molecule has 0 amide bonds. The Balaban J connectivity index is 1.28. The number of ether oxygens (including phenoxy) is 1. The van der Waals surface area contributed by atoms with E-state index in [-0.39, 0.29) is 11.9 Å². The minimum Gasteiger partial charge on any atom is -0.382 e. The lowest BCUT2D eigenvalue weighted by molar-refractivity contribution is -0.483. The van der Waals surface area contributed by atoms with E-state index in [4.69, 9.17) is 14.5 Å². The second kappa shape index (κ2) is 7.80. The van der Waals surface area contributed by atoms with Crippen molar-refractivity contribution in [1.82, 2.24) is 0 Å². The molecule has 1 unspecified atom stereocenters. The molecule has 0 bridgehead atoms. The second-order valence-electron chi connectivity index (χ2n) is 7.21. The molecule has 4 rings (SSSR count). The highest BCUT2D eigenvalue weighted by Crippen LogP contribution is 2.38. The highest BCUT2D eigenvalue weighted by molar-refractivity contribution is 5.66. The quantitative estimate of drug-likeness (QED) is 0.775. The van der Waals surface area contributed by atoms with Crippen LogP contribution in [0.3, 0.4) is 0 Å². The molecule has 5 heteroatoms. The van der Waals surface area contributed by atoms with Gasteiger partial charge in [0.2, 0.25) is 5.79 Å². The van der Waals surface area contributed by atoms with Crippen LogP contribution in [0.5, 0.6) is 0 Å². The number of halogens is 1. The van der Waals surface area contributed by atoms with E-state index in [1.807, 2.05) is 30.3 Å². The topological polar surface area (TPSA) is 39.7 Å². The number of nitrogens with one attached hydrogen (secondary N) is 1. The van der Waals surface area contributed by atoms with Gasteiger partial charge in [-0.3, -0.25) is 0 Å². The largest absolute Gasteiger partial charge is 0.382 e. The third-order valence-corrected chi connectivity index (χ3v) is 5.31. The maximum Gasteiger partial charge on any atom is 0.201 e. The van der Waals surface area contributed by atoms with Crippen LogP contribution in [-0.2, 0) is 14.5 Å². The molecule has 142 valence electrons. The van der Waals surface area contributed by atoms with E-state index in [1.54, 1.807) is 12.1 Å². The smallest absolute Gasteiger partial charge is 0.201 e. The first-order valence-corrected chi connectivity index (χ1v) is 9.38. The van der Waals surface area contributed by atoms with Crippen LogP contribution in [0.15, 0.2) is 61.2 Å². The molecule has 0 radical (unpaired) electrons. The number of anilines is 1. The van der Waals surface area contributed by atoms with Crippen LogP contribution < -0.4 is 5.32 Å². The van der Waals surface area contributed by atoms with Gasteiger partial charge in [-0.1, -0.05) is 36.9 Å². The van der Waals surface area contributed by atoms with Crippen molar-refractivity contribution in [3.8, 4) is 0 Å². The van der Waals surface area contributed by atoms with Crippen molar-refractivity contribution in [2.24, 2.45) is 0 Å². The van der Waals surface area contributed by atoms with Crippen LogP contribution in [0.4, 0.5) is 10.1 Å². The zero-order valence-electron chi connectivity index (χ0n) is 15.2. The van der Waals surface area contributed by atoms with Gasteiger partial charge in [0.15, 0.2) is 0 Å². The summed E-state index contributed by atoms with van der Waals surface area (Å²) in [6.07, 6.45) is 2.98. The predicted octanol–water partition coefficient (Wildman–Crippen LogP) is 4.94. The fourth-order valence-electron chi connectivity index (χ4n) is 3.63. The normalized spacial score (nSPS) is 28.0. The van der Waals surface area contributed by atoms with E-state index in [2.05, 4.69) is 11.9 Å². The lowest BCUT2D eigenvalue weighted by Gasteiger charge is -2.43. The Morgan fingerprint density at radius 1 is 1.04 bits per heavy atom. The van der Waals surface area contributed by atoms with E-state index in [0.717, 1.165) is 42.5 Å². The average Bonchev–Trinajstić information content (AvgIpc) is 2.72. The maximum atomic E-state index is 13.0. The Kier molecular flexibility index (Phi) is 5.25. The van der Waals surface area contributed by atoms with Crippen molar-refractivity contribution in [3.05, 3.63) is 72.6 Å². The molecule has 27 heavy (non-hydrogen) atoms. The van der Waals surface area contributed by atoms with Gasteiger partial charge in [-0.15, -0.1) is 0 Å². The van der Waals surface area contributed by atoms with Gasteiger partial charge in [0.05, 0.1) is 6.61 Å². The Morgan fingerprint density at radius 3 is 2.37 bits per heavy atom. The predicted molar refractivity (Wildman–Crippen MR) is 102 cm³/mol. The molecule has 1 N–H and O–H groups in total. The molecule has 1 aliphatic carbocycles. The summed E-state index contributed by atoms with van der Waals surface area (Å²) in [5.74, 6) is -0.898. The molecule has 2 aromatic carbocycles. The molecular formula is C22H24FNO3. The molecule has 1 atom stereocenters. The van der Waals surface area contributed by atoms with E-state index in [1.165, 1.54) is 12.1 Å². The number of benzene rings is 2. The summed E-state index contributed by atoms with van der Waals surface area (Å²) in [7, 11) is 0. The molecule has 4 nitrogen and oxygen atoms in total. The molecule has 1 heterocycles. The molecule has 2 aromatic rings. The minimum atomic E-state index is -0.672. The second-order valence-corrected chi connectivity index (χ2v) is 7.21. The maximum absolute atomic E-state index is 13.0. The van der Waals surface area contributed by atoms with Gasteiger partial charge in [-0.25, -0.2) is 14.2 Å². The van der Waals surface area contributed by atoms with Gasteiger partial charge in [0, 0.05) is 24.6 Å². The molecule has 2 aliphatic rings. The summed E-state index contributed by atoms with van der Waals surface area (Å²) in [5, 5.41) is 3.45. The first-order chi connectivity index (χ1) is 13.1. The Labute approximate surface area is 158 Å². The van der Waals surface area contributed by atoms with Crippen LogP contribution in [-0.4, -0.2) is 24.5 Å². The van der Waals surface area contributed by atoms with E-state index in [9.17, 15) is 4.39 Å². The number of hydrogen-bond donors (Lipinski definition) is 1. The highest BCUT2D eigenvalue weighted by atomic mass is 19.1. The summed E-state index contributed by atoms with van der Waals surface area (Å²) in [6.45, 7) is 4.56. The average molecular weight is 369 g/mol. The van der Waals surface area contributed by atoms with Crippen LogP contribution in [0.2, 0.25) is 0 Å². The summed E-state index contributed by atoms with van der Waals surface area (Å²) >= 11 is 0. The van der Waals surface area contributed by atoms with Crippen LogP contribution in [0.1, 0.15) is 31.2 Å². The first-order valence-electron chi connectivity index (χ1n) is 9.38. The summed E-state index contributed by atoms with van der Waals surface area (Å²) in [4.78, 5) is 11.4. The monoisotopic (exact) mass is 369 g/mol. The van der Waals surface area contributed by atoms with Crippen molar-refractivity contribution in [3.63, 3.8) is 0 Å². The Morgan fingerprint density at radius 2 is 1.74 bits per heavy atom. The molecule has 1 spiro atoms. The number of rotatable bonds is 4. The molecule has 1 saturated carbocycles. The zero-order chi connectivity index (χ0) is 18.7. The Hall–Kier alpha value is -2.21. The third-order valence-electron chi connectivity index (χ3n) is 5.31. The van der Waals surface area contributed by atoms with Gasteiger partial charge in [0.25, 0.3) is 0 Å². The van der Waals surface area contributed by atoms with Crippen molar-refractivity contribution in [2.45, 2.75) is 43.6 Å². The molecular weight excluding hydrogens is 345 g/mol. The fourth-order valence-corrected chi connectivity index (χ4v) is 3.63. The molecule has 1 saturated heterocycles. The third kappa shape index (κ3) is 4.21. The summed E-state index contributed by atoms with van der Waals surface area (Å²) in [5.41, 5.74) is 2.81. The zero-order valence-corrected chi connectivity index (χ0v) is 15.2. The van der Waals surface area contributed by atoms with Crippen molar-refractivity contribution in [1.29, 1.82) is 0 Å². The summed E-state index contributed by atoms with van der Waals surface area (Å²) in [6, 6.07) is 16.7. The van der Waals surface area contributed by atoms with Gasteiger partial charge in [0.1, 0.15) is 11.9 Å². The summed E-state index contributed by atoms with van der Waals surface area (Å²) < 4.78 is 19.1. The Bertz CT molecular complexity index is 760. The van der Waals surface area contributed by atoms with Crippen LogP contribution in [0.25, 0.3) is 5.57 Å². The van der Waals surface area contributed by atoms with E-state index in [0.29, 0.717) is 12.6 Å². The number of hydrogen-bond acceptors (Lipinski definition) is 4. The SMILES string of the molecule is C=C(c1ccccc1)C1COC2(CCC(Nc3ccc(F)cc3)CC2)OO1. The van der Waals surface area contributed by atoms with Crippen LogP contribution in [0, 0.1) is 5.82 Å². The van der Waals surface area contributed by atoms with Crippen molar-refractivity contribution >= 4 is 11.3 Å². The van der Waals surface area contributed by atoms with Gasteiger partial charge in [-0.05, 0) is 48.2 Å². The van der Waals surface area contributed by atoms with Gasteiger partial charge < -0.3 is 10.1 Å². The van der Waals surface area contributed by atoms with Crippen molar-refractivity contribution < 1.29 is 18.9 Å². The lowest BCUT2D eigenvalue weighted by atomic mass is 9.89.